The quantitative estimate of drug-likeness (QED) is 0.774. The summed E-state index contributed by atoms with van der Waals surface area (Å²) in [5.41, 5.74) is -0.449. The van der Waals surface area contributed by atoms with E-state index >= 15 is 0 Å². The molecule has 2 rings (SSSR count). The zero-order valence-corrected chi connectivity index (χ0v) is 8.39. The summed E-state index contributed by atoms with van der Waals surface area (Å²) in [6, 6.07) is 3.99. The highest BCUT2D eigenvalue weighted by atomic mass is 19.4. The lowest BCUT2D eigenvalue weighted by molar-refractivity contribution is -0.137. The van der Waals surface area contributed by atoms with E-state index in [1.807, 2.05) is 0 Å². The molecule has 16 heavy (non-hydrogen) atoms. The molecule has 1 fully saturated rings. The van der Waals surface area contributed by atoms with Crippen LogP contribution in [0.1, 0.15) is 23.7 Å². The molecule has 88 valence electrons. The van der Waals surface area contributed by atoms with E-state index in [4.69, 9.17) is 0 Å². The van der Waals surface area contributed by atoms with Gasteiger partial charge in [-0.05, 0) is 30.7 Å². The molecule has 0 amide bonds. The Labute approximate surface area is 90.5 Å². The highest BCUT2D eigenvalue weighted by Gasteiger charge is 2.32. The SMILES string of the molecule is FC(c1ccc(C(F)(F)F)cc1)C1CCN1. The molecule has 1 N–H and O–H groups in total. The molecule has 1 saturated heterocycles. The van der Waals surface area contributed by atoms with E-state index in [0.717, 1.165) is 25.1 Å². The Morgan fingerprint density at radius 2 is 1.75 bits per heavy atom. The van der Waals surface area contributed by atoms with Gasteiger partial charge in [0.25, 0.3) is 0 Å². The van der Waals surface area contributed by atoms with Gasteiger partial charge in [-0.25, -0.2) is 4.39 Å². The highest BCUT2D eigenvalue weighted by Crippen LogP contribution is 2.32. The third-order valence-corrected chi connectivity index (χ3v) is 2.77. The average molecular weight is 233 g/mol. The topological polar surface area (TPSA) is 12.0 Å². The van der Waals surface area contributed by atoms with Crippen LogP contribution in [0.5, 0.6) is 0 Å². The molecule has 1 aliphatic rings. The van der Waals surface area contributed by atoms with E-state index in [0.29, 0.717) is 5.56 Å². The van der Waals surface area contributed by atoms with Crippen LogP contribution in [0.25, 0.3) is 0 Å². The van der Waals surface area contributed by atoms with E-state index in [1.54, 1.807) is 0 Å². The predicted molar refractivity (Wildman–Crippen MR) is 51.7 cm³/mol. The molecule has 0 aliphatic carbocycles. The molecule has 2 atom stereocenters. The van der Waals surface area contributed by atoms with E-state index in [2.05, 4.69) is 5.32 Å². The van der Waals surface area contributed by atoms with Crippen molar-refractivity contribution in [3.63, 3.8) is 0 Å². The van der Waals surface area contributed by atoms with Gasteiger partial charge in [-0.2, -0.15) is 13.2 Å². The first-order valence-corrected chi connectivity index (χ1v) is 5.03. The second-order valence-corrected chi connectivity index (χ2v) is 3.87. The van der Waals surface area contributed by atoms with Gasteiger partial charge in [0.1, 0.15) is 6.17 Å². The van der Waals surface area contributed by atoms with Crippen molar-refractivity contribution in [1.82, 2.24) is 5.32 Å². The van der Waals surface area contributed by atoms with E-state index in [-0.39, 0.29) is 6.04 Å². The first-order valence-electron chi connectivity index (χ1n) is 5.03. The molecule has 1 aromatic rings. The summed E-state index contributed by atoms with van der Waals surface area (Å²) in [7, 11) is 0. The molecule has 0 bridgehead atoms. The summed E-state index contributed by atoms with van der Waals surface area (Å²) in [5, 5.41) is 2.89. The molecule has 1 aliphatic heterocycles. The van der Waals surface area contributed by atoms with Crippen LogP contribution in [0.4, 0.5) is 17.6 Å². The first-order chi connectivity index (χ1) is 7.48. The van der Waals surface area contributed by atoms with E-state index in [1.165, 1.54) is 12.1 Å². The molecular formula is C11H11F4N. The number of alkyl halides is 4. The van der Waals surface area contributed by atoms with Crippen molar-refractivity contribution in [2.24, 2.45) is 0 Å². The lowest BCUT2D eigenvalue weighted by Crippen LogP contribution is -2.45. The zero-order chi connectivity index (χ0) is 11.8. The van der Waals surface area contributed by atoms with Gasteiger partial charge in [-0.3, -0.25) is 0 Å². The van der Waals surface area contributed by atoms with Gasteiger partial charge >= 0.3 is 6.18 Å². The maximum atomic E-state index is 13.7. The summed E-state index contributed by atoms with van der Waals surface area (Å²) >= 11 is 0. The van der Waals surface area contributed by atoms with E-state index in [9.17, 15) is 17.6 Å². The zero-order valence-electron chi connectivity index (χ0n) is 8.39. The smallest absolute Gasteiger partial charge is 0.311 e. The Kier molecular flexibility index (Phi) is 2.88. The fraction of sp³-hybridized carbons (Fsp3) is 0.455. The van der Waals surface area contributed by atoms with Gasteiger partial charge in [0, 0.05) is 6.04 Å². The molecule has 1 aromatic carbocycles. The fourth-order valence-corrected chi connectivity index (χ4v) is 1.65. The van der Waals surface area contributed by atoms with Crippen molar-refractivity contribution < 1.29 is 17.6 Å². The second-order valence-electron chi connectivity index (χ2n) is 3.87. The molecule has 0 radical (unpaired) electrons. The maximum absolute atomic E-state index is 13.7. The molecule has 5 heteroatoms. The number of benzene rings is 1. The van der Waals surface area contributed by atoms with Gasteiger partial charge in [0.15, 0.2) is 0 Å². The molecule has 0 spiro atoms. The minimum atomic E-state index is -4.36. The van der Waals surface area contributed by atoms with Gasteiger partial charge < -0.3 is 5.32 Å². The van der Waals surface area contributed by atoms with Crippen LogP contribution < -0.4 is 5.32 Å². The monoisotopic (exact) mass is 233 g/mol. The van der Waals surface area contributed by atoms with Gasteiger partial charge in [0.2, 0.25) is 0 Å². The minimum Gasteiger partial charge on any atom is -0.311 e. The minimum absolute atomic E-state index is 0.253. The fourth-order valence-electron chi connectivity index (χ4n) is 1.65. The average Bonchev–Trinajstić information content (AvgIpc) is 2.14. The molecule has 1 nitrogen and oxygen atoms in total. The van der Waals surface area contributed by atoms with Gasteiger partial charge in [-0.1, -0.05) is 12.1 Å². The van der Waals surface area contributed by atoms with Crippen molar-refractivity contribution in [1.29, 1.82) is 0 Å². The van der Waals surface area contributed by atoms with E-state index < -0.39 is 17.9 Å². The Morgan fingerprint density at radius 1 is 1.19 bits per heavy atom. The molecular weight excluding hydrogens is 222 g/mol. The van der Waals surface area contributed by atoms with Crippen LogP contribution >= 0.6 is 0 Å². The summed E-state index contributed by atoms with van der Waals surface area (Å²) in [6.45, 7) is 0.770. The molecule has 0 aromatic heterocycles. The van der Waals surface area contributed by atoms with Crippen molar-refractivity contribution in [2.75, 3.05) is 6.54 Å². The summed E-state index contributed by atoms with van der Waals surface area (Å²) in [5.74, 6) is 0. The third kappa shape index (κ3) is 2.19. The highest BCUT2D eigenvalue weighted by molar-refractivity contribution is 5.27. The molecule has 2 unspecified atom stereocenters. The first kappa shape index (κ1) is 11.4. The lowest BCUT2D eigenvalue weighted by Gasteiger charge is -2.30. The maximum Gasteiger partial charge on any atom is 0.416 e. The number of halogens is 4. The Bertz CT molecular complexity index is 353. The summed E-state index contributed by atoms with van der Waals surface area (Å²) < 4.78 is 50.4. The van der Waals surface area contributed by atoms with Crippen LogP contribution in [-0.4, -0.2) is 12.6 Å². The van der Waals surface area contributed by atoms with Crippen LogP contribution in [0.2, 0.25) is 0 Å². The largest absolute Gasteiger partial charge is 0.416 e. The van der Waals surface area contributed by atoms with Gasteiger partial charge in [0.05, 0.1) is 5.56 Å². The number of hydrogen-bond acceptors (Lipinski definition) is 1. The van der Waals surface area contributed by atoms with Crippen molar-refractivity contribution in [3.8, 4) is 0 Å². The van der Waals surface area contributed by atoms with Crippen molar-refractivity contribution in [3.05, 3.63) is 35.4 Å². The normalized spacial score (nSPS) is 22.6. The van der Waals surface area contributed by atoms with Crippen LogP contribution in [0.3, 0.4) is 0 Å². The van der Waals surface area contributed by atoms with Crippen molar-refractivity contribution >= 4 is 0 Å². The Hall–Kier alpha value is -1.10. The van der Waals surface area contributed by atoms with Crippen LogP contribution in [0.15, 0.2) is 24.3 Å². The number of nitrogens with one attached hydrogen (secondary N) is 1. The summed E-state index contributed by atoms with van der Waals surface area (Å²) in [4.78, 5) is 0. The standard InChI is InChI=1S/C11H11F4N/c12-10(9-5-6-16-9)7-1-3-8(4-2-7)11(13,14)15/h1-4,9-10,16H,5-6H2. The Morgan fingerprint density at radius 3 is 2.12 bits per heavy atom. The predicted octanol–water partition coefficient (Wildman–Crippen LogP) is 3.08. The number of rotatable bonds is 2. The second kappa shape index (κ2) is 4.05. The van der Waals surface area contributed by atoms with Crippen LogP contribution in [0, 0.1) is 0 Å². The van der Waals surface area contributed by atoms with Gasteiger partial charge in [-0.15, -0.1) is 0 Å². The van der Waals surface area contributed by atoms with Crippen molar-refractivity contribution in [2.45, 2.75) is 24.8 Å². The van der Waals surface area contributed by atoms with Crippen LogP contribution in [-0.2, 0) is 6.18 Å². The Balaban J connectivity index is 2.12. The lowest BCUT2D eigenvalue weighted by atomic mass is 9.95. The third-order valence-electron chi connectivity index (χ3n) is 2.77. The number of hydrogen-bond donors (Lipinski definition) is 1. The summed E-state index contributed by atoms with van der Waals surface area (Å²) in [6.07, 6.45) is -4.86. The molecule has 1 heterocycles. The molecule has 0 saturated carbocycles.